The fourth-order valence-electron chi connectivity index (χ4n) is 3.76. The number of furan rings is 1. The van der Waals surface area contributed by atoms with Crippen molar-refractivity contribution >= 4 is 0 Å². The lowest BCUT2D eigenvalue weighted by Crippen LogP contribution is -2.54. The summed E-state index contributed by atoms with van der Waals surface area (Å²) < 4.78 is 5.42. The molecular formula is C18H32N2O. The van der Waals surface area contributed by atoms with Gasteiger partial charge in [-0.15, -0.1) is 0 Å². The third-order valence-electron chi connectivity index (χ3n) is 5.70. The van der Waals surface area contributed by atoms with E-state index in [0.29, 0.717) is 5.41 Å². The average Bonchev–Trinajstić information content (AvgIpc) is 2.83. The molecular weight excluding hydrogens is 260 g/mol. The molecule has 1 aliphatic carbocycles. The Hall–Kier alpha value is -0.800. The highest BCUT2D eigenvalue weighted by Gasteiger charge is 2.40. The number of nitrogens with two attached hydrogens (primary N) is 1. The van der Waals surface area contributed by atoms with E-state index >= 15 is 0 Å². The number of hydrogen-bond donors (Lipinski definition) is 1. The third kappa shape index (κ3) is 3.51. The summed E-state index contributed by atoms with van der Waals surface area (Å²) in [5, 5.41) is 0. The average molecular weight is 292 g/mol. The predicted molar refractivity (Wildman–Crippen MR) is 88.1 cm³/mol. The molecule has 3 heteroatoms. The molecule has 1 aromatic heterocycles. The van der Waals surface area contributed by atoms with Crippen LogP contribution in [0.4, 0.5) is 0 Å². The maximum Gasteiger partial charge on any atom is 0.105 e. The molecule has 0 aromatic carbocycles. The molecule has 1 fully saturated rings. The van der Waals surface area contributed by atoms with Gasteiger partial charge in [0.05, 0.1) is 6.26 Å². The molecule has 3 nitrogen and oxygen atoms in total. The van der Waals surface area contributed by atoms with Crippen molar-refractivity contribution in [3.63, 3.8) is 0 Å². The molecule has 1 aliphatic rings. The highest BCUT2D eigenvalue weighted by Crippen LogP contribution is 2.43. The molecule has 1 aromatic rings. The van der Waals surface area contributed by atoms with Crippen LogP contribution in [0.2, 0.25) is 0 Å². The first-order valence-corrected chi connectivity index (χ1v) is 8.23. The lowest BCUT2D eigenvalue weighted by Gasteiger charge is -2.48. The van der Waals surface area contributed by atoms with E-state index in [0.717, 1.165) is 24.8 Å². The van der Waals surface area contributed by atoms with E-state index in [-0.39, 0.29) is 5.54 Å². The maximum atomic E-state index is 6.20. The topological polar surface area (TPSA) is 42.4 Å². The lowest BCUT2D eigenvalue weighted by atomic mass is 9.67. The minimum Gasteiger partial charge on any atom is -0.469 e. The molecule has 0 radical (unpaired) electrons. The van der Waals surface area contributed by atoms with Crippen LogP contribution in [-0.4, -0.2) is 24.0 Å². The van der Waals surface area contributed by atoms with Crippen molar-refractivity contribution in [1.82, 2.24) is 4.90 Å². The molecule has 1 saturated carbocycles. The number of likely N-dealkylation sites (N-methyl/N-ethyl adjacent to an activating group) is 1. The number of nitrogens with zero attached hydrogens (tertiary/aromatic N) is 1. The van der Waals surface area contributed by atoms with Gasteiger partial charge in [0, 0.05) is 24.2 Å². The van der Waals surface area contributed by atoms with Crippen molar-refractivity contribution in [1.29, 1.82) is 0 Å². The second-order valence-corrected chi connectivity index (χ2v) is 7.93. The van der Waals surface area contributed by atoms with Crippen LogP contribution in [0.1, 0.15) is 57.8 Å². The number of hydrogen-bond acceptors (Lipinski definition) is 3. The van der Waals surface area contributed by atoms with Crippen molar-refractivity contribution in [3.05, 3.63) is 23.7 Å². The normalized spacial score (nSPS) is 27.3. The zero-order valence-corrected chi connectivity index (χ0v) is 14.4. The molecule has 1 heterocycles. The van der Waals surface area contributed by atoms with Gasteiger partial charge in [-0.2, -0.15) is 0 Å². The van der Waals surface area contributed by atoms with Crippen molar-refractivity contribution in [2.75, 3.05) is 13.6 Å². The fraction of sp³-hybridized carbons (Fsp3) is 0.778. The van der Waals surface area contributed by atoms with Gasteiger partial charge in [-0.05, 0) is 57.1 Å². The first kappa shape index (κ1) is 16.6. The first-order valence-electron chi connectivity index (χ1n) is 8.23. The standard InChI is InChI=1S/C18H32N2O/c1-14-15(8-11-21-14)12-20(5)18(13-19)9-6-16(7-10-18)17(2,3)4/h8,11,16H,6-7,9-10,12-13,19H2,1-5H3. The summed E-state index contributed by atoms with van der Waals surface area (Å²) in [5.41, 5.74) is 8.05. The Morgan fingerprint density at radius 1 is 1.33 bits per heavy atom. The molecule has 0 unspecified atom stereocenters. The van der Waals surface area contributed by atoms with Crippen LogP contribution in [0, 0.1) is 18.3 Å². The van der Waals surface area contributed by atoms with Gasteiger partial charge in [-0.25, -0.2) is 0 Å². The Kier molecular flexibility index (Phi) is 4.84. The summed E-state index contributed by atoms with van der Waals surface area (Å²) in [5.74, 6) is 1.85. The monoisotopic (exact) mass is 292 g/mol. The molecule has 0 atom stereocenters. The quantitative estimate of drug-likeness (QED) is 0.913. The Morgan fingerprint density at radius 2 is 1.95 bits per heavy atom. The van der Waals surface area contributed by atoms with E-state index in [9.17, 15) is 0 Å². The van der Waals surface area contributed by atoms with Gasteiger partial charge in [0.25, 0.3) is 0 Å². The van der Waals surface area contributed by atoms with Gasteiger partial charge in [-0.3, -0.25) is 4.90 Å². The first-order chi connectivity index (χ1) is 9.78. The van der Waals surface area contributed by atoms with E-state index in [1.165, 1.54) is 31.2 Å². The van der Waals surface area contributed by atoms with Crippen LogP contribution in [-0.2, 0) is 6.54 Å². The smallest absolute Gasteiger partial charge is 0.105 e. The molecule has 21 heavy (non-hydrogen) atoms. The fourth-order valence-corrected chi connectivity index (χ4v) is 3.76. The summed E-state index contributed by atoms with van der Waals surface area (Å²) in [6.45, 7) is 10.8. The van der Waals surface area contributed by atoms with Gasteiger partial charge in [-0.1, -0.05) is 20.8 Å². The van der Waals surface area contributed by atoms with Crippen LogP contribution in [0.5, 0.6) is 0 Å². The zero-order valence-electron chi connectivity index (χ0n) is 14.4. The summed E-state index contributed by atoms with van der Waals surface area (Å²) in [4.78, 5) is 2.46. The third-order valence-corrected chi connectivity index (χ3v) is 5.70. The number of rotatable bonds is 4. The largest absolute Gasteiger partial charge is 0.469 e. The van der Waals surface area contributed by atoms with Gasteiger partial charge < -0.3 is 10.2 Å². The molecule has 120 valence electrons. The van der Waals surface area contributed by atoms with Crippen LogP contribution in [0.3, 0.4) is 0 Å². The Balaban J connectivity index is 2.04. The van der Waals surface area contributed by atoms with Gasteiger partial charge in [0.2, 0.25) is 0 Å². The predicted octanol–water partition coefficient (Wildman–Crippen LogP) is 3.95. The molecule has 2 rings (SSSR count). The lowest BCUT2D eigenvalue weighted by molar-refractivity contribution is 0.0332. The van der Waals surface area contributed by atoms with E-state index in [1.807, 2.05) is 6.92 Å². The summed E-state index contributed by atoms with van der Waals surface area (Å²) in [7, 11) is 2.22. The molecule has 0 amide bonds. The Morgan fingerprint density at radius 3 is 2.38 bits per heavy atom. The summed E-state index contributed by atoms with van der Waals surface area (Å²) in [6.07, 6.45) is 6.77. The highest BCUT2D eigenvalue weighted by molar-refractivity contribution is 5.16. The van der Waals surface area contributed by atoms with Gasteiger partial charge in [0.15, 0.2) is 0 Å². The van der Waals surface area contributed by atoms with Gasteiger partial charge >= 0.3 is 0 Å². The van der Waals surface area contributed by atoms with E-state index in [1.54, 1.807) is 6.26 Å². The Labute approximate surface area is 129 Å². The highest BCUT2D eigenvalue weighted by atomic mass is 16.3. The molecule has 0 aliphatic heterocycles. The van der Waals surface area contributed by atoms with E-state index in [4.69, 9.17) is 10.2 Å². The second kappa shape index (κ2) is 6.13. The molecule has 0 saturated heterocycles. The van der Waals surface area contributed by atoms with Gasteiger partial charge in [0.1, 0.15) is 5.76 Å². The molecule has 2 N–H and O–H groups in total. The minimum absolute atomic E-state index is 0.158. The van der Waals surface area contributed by atoms with Crippen molar-refractivity contribution in [2.45, 2.75) is 65.5 Å². The number of aryl methyl sites for hydroxylation is 1. The van der Waals surface area contributed by atoms with Crippen molar-refractivity contribution in [3.8, 4) is 0 Å². The SMILES string of the molecule is Cc1occc1CN(C)C1(CN)CCC(C(C)(C)C)CC1. The van der Waals surface area contributed by atoms with Crippen LogP contribution >= 0.6 is 0 Å². The summed E-state index contributed by atoms with van der Waals surface area (Å²) >= 11 is 0. The second-order valence-electron chi connectivity index (χ2n) is 7.93. The van der Waals surface area contributed by atoms with Crippen LogP contribution < -0.4 is 5.73 Å². The van der Waals surface area contributed by atoms with E-state index < -0.39 is 0 Å². The maximum absolute atomic E-state index is 6.20. The Bertz CT molecular complexity index is 450. The molecule has 0 spiro atoms. The van der Waals surface area contributed by atoms with Crippen LogP contribution in [0.15, 0.2) is 16.7 Å². The minimum atomic E-state index is 0.158. The zero-order chi connectivity index (χ0) is 15.7. The van der Waals surface area contributed by atoms with E-state index in [2.05, 4.69) is 38.8 Å². The summed E-state index contributed by atoms with van der Waals surface area (Å²) in [6, 6.07) is 2.08. The van der Waals surface area contributed by atoms with Crippen molar-refractivity contribution in [2.24, 2.45) is 17.1 Å². The van der Waals surface area contributed by atoms with Crippen molar-refractivity contribution < 1.29 is 4.42 Å². The van der Waals surface area contributed by atoms with Crippen LogP contribution in [0.25, 0.3) is 0 Å². The molecule has 0 bridgehead atoms.